The van der Waals surface area contributed by atoms with E-state index in [-0.39, 0.29) is 48.4 Å². The molecule has 3 rings (SSSR count). The predicted octanol–water partition coefficient (Wildman–Crippen LogP) is 1.75. The average molecular weight is 460 g/mol. The van der Waals surface area contributed by atoms with E-state index in [4.69, 9.17) is 5.73 Å². The Kier molecular flexibility index (Phi) is 7.47. The van der Waals surface area contributed by atoms with Crippen molar-refractivity contribution in [3.8, 4) is 0 Å². The van der Waals surface area contributed by atoms with Crippen LogP contribution in [0.4, 0.5) is 0 Å². The SMILES string of the molecule is Cc1ccc(S(=O)(=O)N2CCN(S(=O)(=O)c3ccc(C)cc3)CC(N)C2)cc1.Cl. The van der Waals surface area contributed by atoms with Crippen LogP contribution in [0.1, 0.15) is 11.1 Å². The van der Waals surface area contributed by atoms with E-state index >= 15 is 0 Å². The molecule has 0 unspecified atom stereocenters. The van der Waals surface area contributed by atoms with Gasteiger partial charge in [0.25, 0.3) is 0 Å². The van der Waals surface area contributed by atoms with Crippen molar-refractivity contribution in [1.82, 2.24) is 8.61 Å². The molecule has 0 aliphatic carbocycles. The summed E-state index contributed by atoms with van der Waals surface area (Å²) in [6, 6.07) is 12.5. The Labute approximate surface area is 179 Å². The fraction of sp³-hybridized carbons (Fsp3) is 0.368. The lowest BCUT2D eigenvalue weighted by atomic mass is 10.2. The largest absolute Gasteiger partial charge is 0.325 e. The summed E-state index contributed by atoms with van der Waals surface area (Å²) < 4.78 is 54.4. The molecule has 0 saturated carbocycles. The van der Waals surface area contributed by atoms with Gasteiger partial charge in [0.15, 0.2) is 0 Å². The summed E-state index contributed by atoms with van der Waals surface area (Å²) in [5, 5.41) is 0. The minimum Gasteiger partial charge on any atom is -0.325 e. The van der Waals surface area contributed by atoms with Gasteiger partial charge in [0.05, 0.1) is 9.79 Å². The molecule has 0 amide bonds. The van der Waals surface area contributed by atoms with Gasteiger partial charge in [0.2, 0.25) is 20.0 Å². The lowest BCUT2D eigenvalue weighted by molar-refractivity contribution is 0.404. The van der Waals surface area contributed by atoms with Crippen LogP contribution in [0.3, 0.4) is 0 Å². The van der Waals surface area contributed by atoms with Crippen molar-refractivity contribution in [2.45, 2.75) is 29.7 Å². The highest BCUT2D eigenvalue weighted by Crippen LogP contribution is 2.22. The minimum atomic E-state index is -3.74. The molecule has 0 atom stereocenters. The maximum absolute atomic E-state index is 13.0. The minimum absolute atomic E-state index is 0. The third-order valence-electron chi connectivity index (χ3n) is 4.79. The Balaban J connectivity index is 0.00000300. The Morgan fingerprint density at radius 2 is 1.03 bits per heavy atom. The summed E-state index contributed by atoms with van der Waals surface area (Å²) in [5.41, 5.74) is 8.02. The molecule has 7 nitrogen and oxygen atoms in total. The molecule has 2 aromatic rings. The molecule has 1 heterocycles. The zero-order valence-electron chi connectivity index (χ0n) is 16.4. The first-order valence-corrected chi connectivity index (χ1v) is 11.9. The van der Waals surface area contributed by atoms with E-state index in [0.717, 1.165) is 11.1 Å². The molecule has 1 saturated heterocycles. The molecule has 1 aliphatic rings. The third kappa shape index (κ3) is 5.17. The van der Waals surface area contributed by atoms with E-state index in [0.29, 0.717) is 0 Å². The molecule has 10 heteroatoms. The number of halogens is 1. The van der Waals surface area contributed by atoms with E-state index in [1.807, 2.05) is 13.8 Å². The van der Waals surface area contributed by atoms with Crippen LogP contribution >= 0.6 is 12.4 Å². The lowest BCUT2D eigenvalue weighted by Crippen LogP contribution is -2.43. The van der Waals surface area contributed by atoms with Crippen LogP contribution in [0.5, 0.6) is 0 Å². The summed E-state index contributed by atoms with van der Waals surface area (Å²) >= 11 is 0. The van der Waals surface area contributed by atoms with E-state index in [9.17, 15) is 16.8 Å². The second-order valence-corrected chi connectivity index (χ2v) is 11.0. The van der Waals surface area contributed by atoms with Gasteiger partial charge in [-0.05, 0) is 38.1 Å². The number of hydrogen-bond acceptors (Lipinski definition) is 5. The van der Waals surface area contributed by atoms with Crippen molar-refractivity contribution in [2.24, 2.45) is 5.73 Å². The first-order chi connectivity index (χ1) is 13.1. The Morgan fingerprint density at radius 1 is 0.724 bits per heavy atom. The highest BCUT2D eigenvalue weighted by atomic mass is 35.5. The van der Waals surface area contributed by atoms with Crippen LogP contribution in [0, 0.1) is 13.8 Å². The number of rotatable bonds is 4. The highest BCUT2D eigenvalue weighted by molar-refractivity contribution is 7.89. The number of nitrogens with two attached hydrogens (primary N) is 1. The monoisotopic (exact) mass is 459 g/mol. The zero-order valence-corrected chi connectivity index (χ0v) is 18.8. The number of nitrogens with zero attached hydrogens (tertiary/aromatic N) is 2. The van der Waals surface area contributed by atoms with Crippen LogP contribution in [0.25, 0.3) is 0 Å². The van der Waals surface area contributed by atoms with E-state index in [1.54, 1.807) is 48.5 Å². The van der Waals surface area contributed by atoms with Crippen LogP contribution < -0.4 is 5.73 Å². The Hall–Kier alpha value is -1.49. The number of aryl methyl sites for hydroxylation is 2. The molecular weight excluding hydrogens is 434 g/mol. The zero-order chi connectivity index (χ0) is 20.5. The molecule has 2 aromatic carbocycles. The van der Waals surface area contributed by atoms with Crippen molar-refractivity contribution >= 4 is 32.5 Å². The maximum atomic E-state index is 13.0. The van der Waals surface area contributed by atoms with Crippen molar-refractivity contribution in [2.75, 3.05) is 26.2 Å². The second kappa shape index (κ2) is 9.11. The average Bonchev–Trinajstić information content (AvgIpc) is 2.85. The second-order valence-electron chi connectivity index (χ2n) is 7.11. The molecule has 0 radical (unpaired) electrons. The fourth-order valence-corrected chi connectivity index (χ4v) is 6.12. The van der Waals surface area contributed by atoms with E-state index < -0.39 is 26.1 Å². The molecule has 2 N–H and O–H groups in total. The molecule has 0 bridgehead atoms. The van der Waals surface area contributed by atoms with Gasteiger partial charge in [0, 0.05) is 32.2 Å². The topological polar surface area (TPSA) is 101 Å². The fourth-order valence-electron chi connectivity index (χ4n) is 3.14. The summed E-state index contributed by atoms with van der Waals surface area (Å²) in [5.74, 6) is 0. The highest BCUT2D eigenvalue weighted by Gasteiger charge is 2.34. The number of benzene rings is 2. The van der Waals surface area contributed by atoms with Crippen molar-refractivity contribution in [1.29, 1.82) is 0 Å². The molecule has 0 spiro atoms. The summed E-state index contributed by atoms with van der Waals surface area (Å²) in [7, 11) is -7.48. The van der Waals surface area contributed by atoms with Crippen molar-refractivity contribution < 1.29 is 16.8 Å². The molecule has 29 heavy (non-hydrogen) atoms. The van der Waals surface area contributed by atoms with Gasteiger partial charge in [-0.1, -0.05) is 35.4 Å². The number of hydrogen-bond donors (Lipinski definition) is 1. The Bertz CT molecular complexity index is 954. The van der Waals surface area contributed by atoms with E-state index in [1.165, 1.54) is 8.61 Å². The smallest absolute Gasteiger partial charge is 0.243 e. The maximum Gasteiger partial charge on any atom is 0.243 e. The quantitative estimate of drug-likeness (QED) is 0.750. The normalized spacial score (nSPS) is 17.5. The van der Waals surface area contributed by atoms with Gasteiger partial charge < -0.3 is 5.73 Å². The third-order valence-corrected chi connectivity index (χ3v) is 8.55. The lowest BCUT2D eigenvalue weighted by Gasteiger charge is -2.21. The van der Waals surface area contributed by atoms with Crippen LogP contribution in [0.15, 0.2) is 58.3 Å². The van der Waals surface area contributed by atoms with Gasteiger partial charge in [-0.3, -0.25) is 0 Å². The van der Waals surface area contributed by atoms with E-state index in [2.05, 4.69) is 0 Å². The van der Waals surface area contributed by atoms with Crippen molar-refractivity contribution in [3.05, 3.63) is 59.7 Å². The van der Waals surface area contributed by atoms with Gasteiger partial charge >= 0.3 is 0 Å². The molecule has 0 aromatic heterocycles. The molecule has 1 aliphatic heterocycles. The van der Waals surface area contributed by atoms with Gasteiger partial charge in [-0.15, -0.1) is 12.4 Å². The standard InChI is InChI=1S/C19H25N3O4S2.ClH/c1-15-3-7-18(8-4-15)27(23,24)21-11-12-22(14-17(20)13-21)28(25,26)19-9-5-16(2)6-10-19;/h3-10,17H,11-14,20H2,1-2H3;1H. The first-order valence-electron chi connectivity index (χ1n) is 9.00. The van der Waals surface area contributed by atoms with Crippen LogP contribution in [0.2, 0.25) is 0 Å². The summed E-state index contributed by atoms with van der Waals surface area (Å²) in [6.07, 6.45) is 0. The van der Waals surface area contributed by atoms with Crippen LogP contribution in [-0.4, -0.2) is 57.7 Å². The van der Waals surface area contributed by atoms with Gasteiger partial charge in [-0.2, -0.15) is 8.61 Å². The predicted molar refractivity (Wildman–Crippen MR) is 115 cm³/mol. The first kappa shape index (κ1) is 23.8. The Morgan fingerprint density at radius 3 is 1.34 bits per heavy atom. The molecular formula is C19H26ClN3O4S2. The summed E-state index contributed by atoms with van der Waals surface area (Å²) in [4.78, 5) is 0.361. The van der Waals surface area contributed by atoms with Crippen LogP contribution in [-0.2, 0) is 20.0 Å². The number of sulfonamides is 2. The van der Waals surface area contributed by atoms with Gasteiger partial charge in [-0.25, -0.2) is 16.8 Å². The molecule has 1 fully saturated rings. The van der Waals surface area contributed by atoms with Crippen molar-refractivity contribution in [3.63, 3.8) is 0 Å². The van der Waals surface area contributed by atoms with Gasteiger partial charge in [0.1, 0.15) is 0 Å². The summed E-state index contributed by atoms with van der Waals surface area (Å²) in [6.45, 7) is 3.99. The molecule has 160 valence electrons.